The number of anilines is 1. The van der Waals surface area contributed by atoms with Gasteiger partial charge in [-0.1, -0.05) is 40.2 Å². The zero-order valence-corrected chi connectivity index (χ0v) is 14.8. The molecule has 24 heavy (non-hydrogen) atoms. The molecule has 0 aromatic heterocycles. The van der Waals surface area contributed by atoms with E-state index in [0.717, 1.165) is 27.7 Å². The highest BCUT2D eigenvalue weighted by Gasteiger charge is 2.39. The van der Waals surface area contributed by atoms with Crippen molar-refractivity contribution in [2.24, 2.45) is 5.92 Å². The number of nitro benzene ring substituents is 1. The highest BCUT2D eigenvalue weighted by atomic mass is 79.9. The molecule has 122 valence electrons. The molecule has 0 amide bonds. The summed E-state index contributed by atoms with van der Waals surface area (Å²) in [4.78, 5) is 10.9. The van der Waals surface area contributed by atoms with Crippen LogP contribution < -0.4 is 5.32 Å². The Balaban J connectivity index is 1.83. The van der Waals surface area contributed by atoms with E-state index in [1.165, 1.54) is 5.56 Å². The fourth-order valence-corrected chi connectivity index (χ4v) is 4.42. The van der Waals surface area contributed by atoms with E-state index in [1.807, 2.05) is 13.0 Å². The molecular weight excluding hydrogens is 368 g/mol. The lowest BCUT2D eigenvalue weighted by atomic mass is 9.76. The first-order chi connectivity index (χ1) is 11.5. The molecule has 0 fully saturated rings. The first-order valence-corrected chi connectivity index (χ1v) is 8.81. The molecule has 0 saturated carbocycles. The minimum Gasteiger partial charge on any atom is -0.377 e. The summed E-state index contributed by atoms with van der Waals surface area (Å²) in [5.41, 5.74) is 4.43. The first-order valence-electron chi connectivity index (χ1n) is 8.02. The van der Waals surface area contributed by atoms with Crippen LogP contribution in [0, 0.1) is 23.0 Å². The predicted molar refractivity (Wildman–Crippen MR) is 98.3 cm³/mol. The average molecular weight is 385 g/mol. The van der Waals surface area contributed by atoms with Gasteiger partial charge in [0.2, 0.25) is 0 Å². The number of non-ortho nitro benzene ring substituents is 1. The monoisotopic (exact) mass is 384 g/mol. The average Bonchev–Trinajstić information content (AvgIpc) is 3.04. The fraction of sp³-hybridized carbons (Fsp3) is 0.263. The largest absolute Gasteiger partial charge is 0.377 e. The number of nitro groups is 1. The van der Waals surface area contributed by atoms with Crippen LogP contribution in [0.4, 0.5) is 11.4 Å². The minimum atomic E-state index is -0.304. The highest BCUT2D eigenvalue weighted by Crippen LogP contribution is 2.51. The Morgan fingerprint density at radius 3 is 2.88 bits per heavy atom. The maximum absolute atomic E-state index is 11.2. The number of halogens is 1. The van der Waals surface area contributed by atoms with Crippen LogP contribution in [0.5, 0.6) is 0 Å². The van der Waals surface area contributed by atoms with E-state index in [0.29, 0.717) is 5.92 Å². The van der Waals surface area contributed by atoms with Gasteiger partial charge in [-0.05, 0) is 48.1 Å². The van der Waals surface area contributed by atoms with Gasteiger partial charge < -0.3 is 5.32 Å². The Labute approximate surface area is 148 Å². The number of rotatable bonds is 2. The lowest BCUT2D eigenvalue weighted by molar-refractivity contribution is -0.385. The van der Waals surface area contributed by atoms with Gasteiger partial charge in [-0.15, -0.1) is 0 Å². The second-order valence-electron chi connectivity index (χ2n) is 6.51. The van der Waals surface area contributed by atoms with Gasteiger partial charge in [-0.2, -0.15) is 0 Å². The third kappa shape index (κ3) is 2.44. The summed E-state index contributed by atoms with van der Waals surface area (Å²) in [6, 6.07) is 12.0. The van der Waals surface area contributed by atoms with E-state index in [2.05, 4.69) is 51.6 Å². The van der Waals surface area contributed by atoms with Crippen molar-refractivity contribution in [1.82, 2.24) is 0 Å². The molecule has 0 unspecified atom stereocenters. The maximum atomic E-state index is 11.2. The summed E-state index contributed by atoms with van der Waals surface area (Å²) in [6.07, 6.45) is 5.39. The van der Waals surface area contributed by atoms with Gasteiger partial charge in [-0.25, -0.2) is 0 Å². The van der Waals surface area contributed by atoms with Crippen LogP contribution in [0.3, 0.4) is 0 Å². The molecule has 2 aromatic carbocycles. The normalized spacial score (nSPS) is 24.2. The highest BCUT2D eigenvalue weighted by molar-refractivity contribution is 9.10. The molecule has 2 aliphatic rings. The van der Waals surface area contributed by atoms with E-state index < -0.39 is 0 Å². The van der Waals surface area contributed by atoms with Crippen molar-refractivity contribution in [2.45, 2.75) is 25.3 Å². The number of hydrogen-bond acceptors (Lipinski definition) is 3. The minimum absolute atomic E-state index is 0.174. The Hall–Kier alpha value is -2.14. The molecule has 1 N–H and O–H groups in total. The zero-order chi connectivity index (χ0) is 16.8. The predicted octanol–water partition coefficient (Wildman–Crippen LogP) is 5.49. The van der Waals surface area contributed by atoms with Crippen LogP contribution in [0.2, 0.25) is 0 Å². The van der Waals surface area contributed by atoms with Gasteiger partial charge in [0.1, 0.15) is 0 Å². The Morgan fingerprint density at radius 1 is 1.29 bits per heavy atom. The molecule has 3 atom stereocenters. The molecule has 4 rings (SSSR count). The standard InChI is InChI=1S/C19H17BrN2O2/c1-11-8-14(22(23)24)10-17-15-6-3-7-16(15)19(21-18(11)17)12-4-2-5-13(20)9-12/h2-6,8-10,15-16,19,21H,7H2,1H3/t15-,16-,19+/m0/s1. The molecule has 0 saturated heterocycles. The Morgan fingerprint density at radius 2 is 2.12 bits per heavy atom. The summed E-state index contributed by atoms with van der Waals surface area (Å²) >= 11 is 3.55. The number of aryl methyl sites for hydroxylation is 1. The quantitative estimate of drug-likeness (QED) is 0.422. The maximum Gasteiger partial charge on any atom is 0.270 e. The van der Waals surface area contributed by atoms with Gasteiger partial charge in [0, 0.05) is 28.2 Å². The molecule has 5 heteroatoms. The van der Waals surface area contributed by atoms with Crippen molar-refractivity contribution in [2.75, 3.05) is 5.32 Å². The van der Waals surface area contributed by atoms with Crippen LogP contribution in [-0.2, 0) is 0 Å². The van der Waals surface area contributed by atoms with Crippen molar-refractivity contribution >= 4 is 27.3 Å². The van der Waals surface area contributed by atoms with E-state index >= 15 is 0 Å². The Kier molecular flexibility index (Phi) is 3.68. The number of fused-ring (bicyclic) bond motifs is 3. The first kappa shape index (κ1) is 15.4. The van der Waals surface area contributed by atoms with E-state index in [-0.39, 0.29) is 22.6 Å². The molecule has 4 nitrogen and oxygen atoms in total. The molecule has 1 aliphatic heterocycles. The summed E-state index contributed by atoms with van der Waals surface area (Å²) in [7, 11) is 0. The number of allylic oxidation sites excluding steroid dienone is 2. The number of benzene rings is 2. The van der Waals surface area contributed by atoms with Crippen molar-refractivity contribution < 1.29 is 4.92 Å². The van der Waals surface area contributed by atoms with Gasteiger partial charge in [0.25, 0.3) is 5.69 Å². The summed E-state index contributed by atoms with van der Waals surface area (Å²) < 4.78 is 1.07. The summed E-state index contributed by atoms with van der Waals surface area (Å²) in [5, 5.41) is 14.9. The second-order valence-corrected chi connectivity index (χ2v) is 7.43. The van der Waals surface area contributed by atoms with Gasteiger partial charge >= 0.3 is 0 Å². The number of nitrogens with zero attached hydrogens (tertiary/aromatic N) is 1. The van der Waals surface area contributed by atoms with Gasteiger partial charge in [0.05, 0.1) is 11.0 Å². The molecule has 1 heterocycles. The van der Waals surface area contributed by atoms with Crippen molar-refractivity contribution in [3.8, 4) is 0 Å². The lowest BCUT2D eigenvalue weighted by Gasteiger charge is -2.38. The van der Waals surface area contributed by atoms with Crippen LogP contribution in [-0.4, -0.2) is 4.92 Å². The van der Waals surface area contributed by atoms with Crippen LogP contribution >= 0.6 is 15.9 Å². The molecule has 2 aromatic rings. The molecule has 0 bridgehead atoms. The third-order valence-corrected chi connectivity index (χ3v) is 5.56. The Bertz CT molecular complexity index is 862. The fourth-order valence-electron chi connectivity index (χ4n) is 4.00. The molecule has 1 aliphatic carbocycles. The SMILES string of the molecule is Cc1cc([N+](=O)[O-])cc2c1N[C@H](c1cccc(Br)c1)[C@H]1CC=C[C@H]21. The van der Waals surface area contributed by atoms with E-state index in [9.17, 15) is 10.1 Å². The number of nitrogens with one attached hydrogen (secondary N) is 1. The van der Waals surface area contributed by atoms with Crippen LogP contribution in [0.1, 0.15) is 35.1 Å². The number of hydrogen-bond donors (Lipinski definition) is 1. The van der Waals surface area contributed by atoms with E-state index in [4.69, 9.17) is 0 Å². The van der Waals surface area contributed by atoms with Gasteiger partial charge in [0.15, 0.2) is 0 Å². The molecule has 0 radical (unpaired) electrons. The lowest BCUT2D eigenvalue weighted by Crippen LogP contribution is -2.29. The van der Waals surface area contributed by atoms with Crippen molar-refractivity contribution in [3.05, 3.63) is 79.8 Å². The van der Waals surface area contributed by atoms with Crippen LogP contribution in [0.25, 0.3) is 0 Å². The van der Waals surface area contributed by atoms with Crippen molar-refractivity contribution in [3.63, 3.8) is 0 Å². The molecule has 0 spiro atoms. The summed E-state index contributed by atoms with van der Waals surface area (Å²) in [5.74, 6) is 0.608. The van der Waals surface area contributed by atoms with Crippen molar-refractivity contribution in [1.29, 1.82) is 0 Å². The van der Waals surface area contributed by atoms with Gasteiger partial charge in [-0.3, -0.25) is 10.1 Å². The second kappa shape index (κ2) is 5.74. The third-order valence-electron chi connectivity index (χ3n) is 5.07. The smallest absolute Gasteiger partial charge is 0.270 e. The molecular formula is C19H17BrN2O2. The topological polar surface area (TPSA) is 55.2 Å². The zero-order valence-electron chi connectivity index (χ0n) is 13.2. The van der Waals surface area contributed by atoms with Crippen LogP contribution in [0.15, 0.2) is 53.0 Å². The van der Waals surface area contributed by atoms with E-state index in [1.54, 1.807) is 12.1 Å². The summed E-state index contributed by atoms with van der Waals surface area (Å²) in [6.45, 7) is 1.94.